The number of hydrogen-bond donors (Lipinski definition) is 4. The number of anilines is 1. The molecule has 0 fully saturated rings. The van der Waals surface area contributed by atoms with Gasteiger partial charge in [0, 0.05) is 68.5 Å². The zero-order valence-electron chi connectivity index (χ0n) is 29.3. The van der Waals surface area contributed by atoms with Gasteiger partial charge < -0.3 is 34.9 Å². The fourth-order valence-electron chi connectivity index (χ4n) is 7.03. The maximum Gasteiger partial charge on any atom is 0.303 e. The number of carboxylic acid groups (broad SMARTS) is 1. The monoisotopic (exact) mass is 753 g/mol. The van der Waals surface area contributed by atoms with Gasteiger partial charge in [-0.3, -0.25) is 14.5 Å². The molecule has 14 heteroatoms. The first kappa shape index (κ1) is 37.6. The van der Waals surface area contributed by atoms with Crippen LogP contribution < -0.4 is 20.1 Å². The van der Waals surface area contributed by atoms with Crippen molar-refractivity contribution in [3.05, 3.63) is 92.2 Å². The Hall–Kier alpha value is -4.20. The lowest BCUT2D eigenvalue weighted by Crippen LogP contribution is -2.39. The van der Waals surface area contributed by atoms with Crippen LogP contribution in [0.15, 0.2) is 42.5 Å². The Morgan fingerprint density at radius 3 is 2.63 bits per heavy atom. The molecule has 3 aromatic carbocycles. The SMILES string of the molecule is COc1cc(OC2CCc3c(-c4cccc(NC(=O)c5nc6c(n5C)CCN(C(C)CO)C6)c4Cl)cccc32)c(Cl)c(F)c1CNCCCC(=O)O. The van der Waals surface area contributed by atoms with Gasteiger partial charge in [-0.25, -0.2) is 9.37 Å². The molecule has 0 bridgehead atoms. The number of nitrogens with one attached hydrogen (secondary N) is 2. The predicted molar refractivity (Wildman–Crippen MR) is 197 cm³/mol. The van der Waals surface area contributed by atoms with Crippen LogP contribution in [0.3, 0.4) is 0 Å². The molecule has 4 N–H and O–H groups in total. The number of benzene rings is 3. The number of methoxy groups -OCH3 is 1. The molecule has 1 aromatic heterocycles. The van der Waals surface area contributed by atoms with Crippen LogP contribution in [-0.4, -0.2) is 69.4 Å². The number of aromatic nitrogens is 2. The number of amides is 1. The van der Waals surface area contributed by atoms with Crippen LogP contribution >= 0.6 is 23.2 Å². The Balaban J connectivity index is 1.20. The summed E-state index contributed by atoms with van der Waals surface area (Å²) in [4.78, 5) is 31.2. The van der Waals surface area contributed by atoms with Gasteiger partial charge in [-0.05, 0) is 55.5 Å². The third-order valence-electron chi connectivity index (χ3n) is 9.90. The Bertz CT molecular complexity index is 1990. The zero-order valence-corrected chi connectivity index (χ0v) is 30.8. The smallest absolute Gasteiger partial charge is 0.303 e. The van der Waals surface area contributed by atoms with Crippen LogP contribution in [0.1, 0.15) is 71.0 Å². The van der Waals surface area contributed by atoms with Gasteiger partial charge in [0.05, 0.1) is 30.1 Å². The maximum atomic E-state index is 15.5. The first-order valence-electron chi connectivity index (χ1n) is 17.3. The highest BCUT2D eigenvalue weighted by atomic mass is 35.5. The fourth-order valence-corrected chi connectivity index (χ4v) is 7.52. The van der Waals surface area contributed by atoms with E-state index in [-0.39, 0.29) is 59.4 Å². The van der Waals surface area contributed by atoms with Crippen molar-refractivity contribution in [2.75, 3.05) is 32.1 Å². The summed E-state index contributed by atoms with van der Waals surface area (Å²) in [6.45, 7) is 3.86. The van der Waals surface area contributed by atoms with Gasteiger partial charge in [-0.15, -0.1) is 0 Å². The molecule has 2 heterocycles. The third-order valence-corrected chi connectivity index (χ3v) is 10.7. The summed E-state index contributed by atoms with van der Waals surface area (Å²) >= 11 is 13.5. The van der Waals surface area contributed by atoms with Crippen molar-refractivity contribution < 1.29 is 33.7 Å². The molecule has 4 aromatic rings. The summed E-state index contributed by atoms with van der Waals surface area (Å²) in [6.07, 6.45) is 2.02. The second-order valence-electron chi connectivity index (χ2n) is 13.1. The molecule has 6 rings (SSSR count). The van der Waals surface area contributed by atoms with E-state index in [1.165, 1.54) is 7.11 Å². The molecular formula is C38H42Cl2FN5O6. The predicted octanol–water partition coefficient (Wildman–Crippen LogP) is 6.55. The quantitative estimate of drug-likeness (QED) is 0.106. The topological polar surface area (TPSA) is 138 Å². The number of carbonyl (C=O) groups excluding carboxylic acids is 1. The van der Waals surface area contributed by atoms with Gasteiger partial charge in [0.25, 0.3) is 5.91 Å². The standard InChI is InChI=1S/C38H42Cl2FN5O6/c1-21(20-47)46-16-14-29-28(19-46)43-37(45(29)2)38(50)44-27-10-5-9-25(34(27)39)22-7-4-8-24-23(22)12-13-30(24)52-32-17-31(51-3)26(36(41)35(32)40)18-42-15-6-11-33(48)49/h4-5,7-10,17,21,30,42,47H,6,11-16,18-20H2,1-3H3,(H,44,50)(H,48,49). The molecule has 1 amide bonds. The van der Waals surface area contributed by atoms with E-state index in [9.17, 15) is 14.7 Å². The molecule has 2 atom stereocenters. The minimum absolute atomic E-state index is 0.00372. The highest BCUT2D eigenvalue weighted by Gasteiger charge is 2.31. The maximum absolute atomic E-state index is 15.5. The molecule has 52 heavy (non-hydrogen) atoms. The second kappa shape index (κ2) is 16.2. The third kappa shape index (κ3) is 7.62. The number of hydrogen-bond acceptors (Lipinski definition) is 8. The summed E-state index contributed by atoms with van der Waals surface area (Å²) in [6, 6.07) is 13.0. The number of rotatable bonds is 14. The number of carbonyl (C=O) groups is 2. The van der Waals surface area contributed by atoms with Gasteiger partial charge in [-0.2, -0.15) is 0 Å². The van der Waals surface area contributed by atoms with E-state index in [2.05, 4.69) is 20.5 Å². The van der Waals surface area contributed by atoms with Gasteiger partial charge in [0.1, 0.15) is 22.6 Å². The molecular weight excluding hydrogens is 712 g/mol. The first-order chi connectivity index (χ1) is 25.0. The molecule has 11 nitrogen and oxygen atoms in total. The zero-order chi connectivity index (χ0) is 37.1. The number of halogens is 3. The van der Waals surface area contributed by atoms with Crippen LogP contribution in [0.4, 0.5) is 10.1 Å². The number of nitrogens with zero attached hydrogens (tertiary/aromatic N) is 3. The Morgan fingerprint density at radius 1 is 1.12 bits per heavy atom. The summed E-state index contributed by atoms with van der Waals surface area (Å²) in [5.41, 5.74) is 6.11. The van der Waals surface area contributed by atoms with Gasteiger partial charge in [0.2, 0.25) is 0 Å². The van der Waals surface area contributed by atoms with E-state index in [1.807, 2.05) is 48.9 Å². The van der Waals surface area contributed by atoms with Crippen LogP contribution in [0.5, 0.6) is 11.5 Å². The van der Waals surface area contributed by atoms with Gasteiger partial charge >= 0.3 is 5.97 Å². The van der Waals surface area contributed by atoms with Crippen LogP contribution in [-0.2, 0) is 37.8 Å². The average molecular weight is 755 g/mol. The van der Waals surface area contributed by atoms with E-state index in [0.29, 0.717) is 43.1 Å². The number of fused-ring (bicyclic) bond motifs is 2. The highest BCUT2D eigenvalue weighted by molar-refractivity contribution is 6.36. The number of aliphatic hydroxyl groups excluding tert-OH is 1. The normalized spacial score (nSPS) is 15.9. The molecule has 0 spiro atoms. The number of ether oxygens (including phenoxy) is 2. The molecule has 1 aliphatic carbocycles. The van der Waals surface area contributed by atoms with Crippen molar-refractivity contribution in [2.45, 2.75) is 64.3 Å². The van der Waals surface area contributed by atoms with E-state index in [1.54, 1.807) is 12.1 Å². The Morgan fingerprint density at radius 2 is 1.88 bits per heavy atom. The van der Waals surface area contributed by atoms with E-state index >= 15 is 4.39 Å². The molecule has 0 saturated carbocycles. The largest absolute Gasteiger partial charge is 0.496 e. The van der Waals surface area contributed by atoms with E-state index in [0.717, 1.165) is 46.6 Å². The van der Waals surface area contributed by atoms with Crippen molar-refractivity contribution >= 4 is 40.8 Å². The number of carboxylic acids is 1. The summed E-state index contributed by atoms with van der Waals surface area (Å²) in [5.74, 6) is -1.21. The van der Waals surface area contributed by atoms with Crippen molar-refractivity contribution in [2.24, 2.45) is 7.05 Å². The van der Waals surface area contributed by atoms with E-state index < -0.39 is 17.9 Å². The number of aliphatic hydroxyl groups is 1. The van der Waals surface area contributed by atoms with Gasteiger partial charge in [0.15, 0.2) is 11.6 Å². The lowest BCUT2D eigenvalue weighted by Gasteiger charge is -2.30. The summed E-state index contributed by atoms with van der Waals surface area (Å²) < 4.78 is 29.2. The summed E-state index contributed by atoms with van der Waals surface area (Å²) in [5, 5.41) is 24.7. The average Bonchev–Trinajstić information content (AvgIpc) is 3.71. The van der Waals surface area contributed by atoms with Crippen molar-refractivity contribution in [1.82, 2.24) is 19.8 Å². The van der Waals surface area contributed by atoms with Crippen molar-refractivity contribution in [3.8, 4) is 22.6 Å². The summed E-state index contributed by atoms with van der Waals surface area (Å²) in [7, 11) is 3.28. The minimum Gasteiger partial charge on any atom is -0.496 e. The first-order valence-corrected chi connectivity index (χ1v) is 18.0. The number of aliphatic carboxylic acids is 1. The lowest BCUT2D eigenvalue weighted by molar-refractivity contribution is -0.137. The molecule has 0 radical (unpaired) electrons. The van der Waals surface area contributed by atoms with Crippen molar-refractivity contribution in [1.29, 1.82) is 0 Å². The Kier molecular flexibility index (Phi) is 11.7. The molecule has 1 aliphatic heterocycles. The van der Waals surface area contributed by atoms with Gasteiger partial charge in [-0.1, -0.05) is 53.5 Å². The molecule has 2 unspecified atom stereocenters. The fraction of sp³-hybridized carbons (Fsp3) is 0.395. The molecule has 2 aliphatic rings. The van der Waals surface area contributed by atoms with E-state index in [4.69, 9.17) is 37.8 Å². The minimum atomic E-state index is -0.890. The van der Waals surface area contributed by atoms with Crippen LogP contribution in [0, 0.1) is 5.82 Å². The lowest BCUT2D eigenvalue weighted by atomic mass is 9.96. The highest BCUT2D eigenvalue weighted by Crippen LogP contribution is 2.45. The van der Waals surface area contributed by atoms with Crippen LogP contribution in [0.2, 0.25) is 10.0 Å². The number of imidazole rings is 1. The van der Waals surface area contributed by atoms with Crippen molar-refractivity contribution in [3.63, 3.8) is 0 Å². The Labute approximate surface area is 311 Å². The molecule has 276 valence electrons. The second-order valence-corrected chi connectivity index (χ2v) is 13.9. The molecule has 0 saturated heterocycles. The van der Waals surface area contributed by atoms with Crippen LogP contribution in [0.25, 0.3) is 11.1 Å².